The number of aryl methyl sites for hydroxylation is 1. The summed E-state index contributed by atoms with van der Waals surface area (Å²) in [6.45, 7) is 0. The quantitative estimate of drug-likeness (QED) is 0.478. The van der Waals surface area contributed by atoms with Gasteiger partial charge >= 0.3 is 0 Å². The second kappa shape index (κ2) is 3.95. The summed E-state index contributed by atoms with van der Waals surface area (Å²) in [6.07, 6.45) is 1.92. The van der Waals surface area contributed by atoms with Gasteiger partial charge in [-0.1, -0.05) is 0 Å². The Balaban J connectivity index is 0.000000845. The third-order valence-electron chi connectivity index (χ3n) is 2.00. The number of halogens is 1. The number of aromatic amines is 1. The zero-order valence-corrected chi connectivity index (χ0v) is 9.70. The van der Waals surface area contributed by atoms with Crippen LogP contribution in [0.2, 0.25) is 0 Å². The van der Waals surface area contributed by atoms with Gasteiger partial charge in [0.2, 0.25) is 6.33 Å². The largest absolute Gasteiger partial charge is 1.00 e. The van der Waals surface area contributed by atoms with Crippen LogP contribution in [-0.2, 0) is 7.05 Å². The van der Waals surface area contributed by atoms with Gasteiger partial charge < -0.3 is 28.7 Å². The maximum Gasteiger partial charge on any atom is 0.242 e. The molecule has 4 heteroatoms. The molecule has 70 valence electrons. The van der Waals surface area contributed by atoms with Gasteiger partial charge in [-0.05, 0) is 12.1 Å². The van der Waals surface area contributed by atoms with Crippen LogP contribution in [0.1, 0.15) is 0 Å². The number of H-pyrrole nitrogens is 1. The fraction of sp³-hybridized carbons (Fsp3) is 0.222. The first-order chi connectivity index (χ1) is 5.81. The Morgan fingerprint density at radius 1 is 1.38 bits per heavy atom. The minimum absolute atomic E-state index is 0. The molecular weight excluding hydrogens is 279 g/mol. The highest BCUT2D eigenvalue weighted by Crippen LogP contribution is 2.15. The van der Waals surface area contributed by atoms with Crippen LogP contribution in [0, 0.1) is 0 Å². The van der Waals surface area contributed by atoms with Crippen LogP contribution in [0.25, 0.3) is 11.0 Å². The number of nitrogens with zero attached hydrogens (tertiary/aromatic N) is 1. The van der Waals surface area contributed by atoms with E-state index in [1.165, 1.54) is 5.52 Å². The Kier molecular flexibility index (Phi) is 3.13. The number of benzene rings is 1. The number of fused-ring (bicyclic) bond motifs is 1. The highest BCUT2D eigenvalue weighted by molar-refractivity contribution is 5.72. The fourth-order valence-electron chi connectivity index (χ4n) is 1.30. The highest BCUT2D eigenvalue weighted by atomic mass is 127. The molecular formula is C9H11IN2O. The predicted molar refractivity (Wildman–Crippen MR) is 46.0 cm³/mol. The number of aromatic nitrogens is 2. The lowest BCUT2D eigenvalue weighted by Gasteiger charge is -1.95. The molecule has 0 aliphatic carbocycles. The van der Waals surface area contributed by atoms with E-state index in [9.17, 15) is 0 Å². The normalized spacial score (nSPS) is 9.69. The zero-order valence-electron chi connectivity index (χ0n) is 7.54. The summed E-state index contributed by atoms with van der Waals surface area (Å²) >= 11 is 0. The van der Waals surface area contributed by atoms with E-state index in [0.717, 1.165) is 11.3 Å². The van der Waals surface area contributed by atoms with Crippen LogP contribution in [0.3, 0.4) is 0 Å². The van der Waals surface area contributed by atoms with Crippen molar-refractivity contribution in [1.29, 1.82) is 0 Å². The molecule has 1 aromatic heterocycles. The van der Waals surface area contributed by atoms with Crippen molar-refractivity contribution >= 4 is 11.0 Å². The molecule has 2 rings (SSSR count). The summed E-state index contributed by atoms with van der Waals surface area (Å²) < 4.78 is 7.14. The Morgan fingerprint density at radius 2 is 2.15 bits per heavy atom. The lowest BCUT2D eigenvalue weighted by molar-refractivity contribution is -0.644. The van der Waals surface area contributed by atoms with Crippen LogP contribution in [-0.4, -0.2) is 12.1 Å². The summed E-state index contributed by atoms with van der Waals surface area (Å²) in [7, 11) is 3.68. The molecule has 2 aromatic rings. The summed E-state index contributed by atoms with van der Waals surface area (Å²) in [5.74, 6) is 0.880. The third kappa shape index (κ3) is 1.77. The second-order valence-corrected chi connectivity index (χ2v) is 2.77. The van der Waals surface area contributed by atoms with Crippen LogP contribution in [0.4, 0.5) is 0 Å². The van der Waals surface area contributed by atoms with Crippen molar-refractivity contribution in [3.63, 3.8) is 0 Å². The predicted octanol–water partition coefficient (Wildman–Crippen LogP) is -1.99. The molecule has 0 atom stereocenters. The topological polar surface area (TPSA) is 28.9 Å². The lowest BCUT2D eigenvalue weighted by Crippen LogP contribution is -3.00. The molecule has 0 fully saturated rings. The molecule has 0 saturated carbocycles. The SMILES string of the molecule is COc1ccc2c(c1)[nH]c[n+]2C.[I-]. The number of ether oxygens (including phenoxy) is 1. The molecule has 0 spiro atoms. The minimum Gasteiger partial charge on any atom is -1.00 e. The molecule has 0 saturated heterocycles. The average Bonchev–Trinajstić information content (AvgIpc) is 2.47. The lowest BCUT2D eigenvalue weighted by atomic mass is 10.3. The number of hydrogen-bond acceptors (Lipinski definition) is 1. The van der Waals surface area contributed by atoms with Crippen molar-refractivity contribution < 1.29 is 33.3 Å². The van der Waals surface area contributed by atoms with Crippen molar-refractivity contribution in [3.8, 4) is 5.75 Å². The van der Waals surface area contributed by atoms with Crippen molar-refractivity contribution in [2.75, 3.05) is 7.11 Å². The smallest absolute Gasteiger partial charge is 0.242 e. The molecule has 13 heavy (non-hydrogen) atoms. The maximum atomic E-state index is 5.10. The number of hydrogen-bond donors (Lipinski definition) is 1. The van der Waals surface area contributed by atoms with Gasteiger partial charge in [0.25, 0.3) is 0 Å². The van der Waals surface area contributed by atoms with E-state index in [-0.39, 0.29) is 24.0 Å². The van der Waals surface area contributed by atoms with Crippen molar-refractivity contribution in [2.45, 2.75) is 0 Å². The maximum absolute atomic E-state index is 5.10. The molecule has 0 bridgehead atoms. The minimum atomic E-state index is 0. The highest BCUT2D eigenvalue weighted by Gasteiger charge is 2.05. The number of rotatable bonds is 1. The Morgan fingerprint density at radius 3 is 2.85 bits per heavy atom. The van der Waals surface area contributed by atoms with E-state index in [2.05, 4.69) is 4.98 Å². The van der Waals surface area contributed by atoms with E-state index in [4.69, 9.17) is 4.74 Å². The molecule has 1 heterocycles. The van der Waals surface area contributed by atoms with E-state index in [1.54, 1.807) is 7.11 Å². The monoisotopic (exact) mass is 290 g/mol. The van der Waals surface area contributed by atoms with Gasteiger partial charge in [0.05, 0.1) is 14.2 Å². The van der Waals surface area contributed by atoms with Crippen LogP contribution in [0.15, 0.2) is 24.5 Å². The number of imidazole rings is 1. The molecule has 0 aliphatic heterocycles. The van der Waals surface area contributed by atoms with E-state index < -0.39 is 0 Å². The Bertz CT molecular complexity index is 411. The van der Waals surface area contributed by atoms with E-state index in [1.807, 2.05) is 36.1 Å². The first-order valence-electron chi connectivity index (χ1n) is 3.82. The standard InChI is InChI=1S/C9H10N2O.HI/c1-11-6-10-8-5-7(12-2)3-4-9(8)11;/h3-6H,1-2H3;1H. The molecule has 0 aliphatic rings. The van der Waals surface area contributed by atoms with Crippen LogP contribution in [0.5, 0.6) is 5.75 Å². The van der Waals surface area contributed by atoms with Crippen molar-refractivity contribution in [2.24, 2.45) is 7.05 Å². The first-order valence-corrected chi connectivity index (χ1v) is 3.82. The molecule has 0 amide bonds. The van der Waals surface area contributed by atoms with Gasteiger partial charge in [-0.15, -0.1) is 0 Å². The summed E-state index contributed by atoms with van der Waals surface area (Å²) in [5.41, 5.74) is 2.27. The van der Waals surface area contributed by atoms with Gasteiger partial charge in [-0.3, -0.25) is 0 Å². The van der Waals surface area contributed by atoms with Crippen LogP contribution < -0.4 is 33.3 Å². The summed E-state index contributed by atoms with van der Waals surface area (Å²) in [4.78, 5) is 3.15. The molecule has 0 radical (unpaired) electrons. The molecule has 3 nitrogen and oxygen atoms in total. The summed E-state index contributed by atoms with van der Waals surface area (Å²) in [6, 6.07) is 5.97. The van der Waals surface area contributed by atoms with Gasteiger partial charge in [-0.2, -0.15) is 0 Å². The van der Waals surface area contributed by atoms with E-state index >= 15 is 0 Å². The molecule has 0 unspecified atom stereocenters. The van der Waals surface area contributed by atoms with E-state index in [0.29, 0.717) is 0 Å². The Hall–Kier alpha value is -0.780. The molecule has 1 N–H and O–H groups in total. The zero-order chi connectivity index (χ0) is 8.55. The Labute approximate surface area is 93.7 Å². The number of methoxy groups -OCH3 is 1. The summed E-state index contributed by atoms with van der Waals surface area (Å²) in [5, 5.41) is 0. The van der Waals surface area contributed by atoms with Gasteiger partial charge in [0.1, 0.15) is 5.75 Å². The molecule has 1 aromatic carbocycles. The van der Waals surface area contributed by atoms with Crippen molar-refractivity contribution in [3.05, 3.63) is 24.5 Å². The van der Waals surface area contributed by atoms with Gasteiger partial charge in [0.15, 0.2) is 11.0 Å². The third-order valence-corrected chi connectivity index (χ3v) is 2.00. The van der Waals surface area contributed by atoms with Crippen LogP contribution >= 0.6 is 0 Å². The first kappa shape index (κ1) is 10.3. The average molecular weight is 290 g/mol. The van der Waals surface area contributed by atoms with Gasteiger partial charge in [0, 0.05) is 6.07 Å². The number of nitrogens with one attached hydrogen (secondary N) is 1. The second-order valence-electron chi connectivity index (χ2n) is 2.77. The van der Waals surface area contributed by atoms with Crippen molar-refractivity contribution in [1.82, 2.24) is 4.98 Å². The fourth-order valence-corrected chi connectivity index (χ4v) is 1.30. The van der Waals surface area contributed by atoms with Gasteiger partial charge in [-0.25, -0.2) is 9.55 Å².